The van der Waals surface area contributed by atoms with Gasteiger partial charge in [0, 0.05) is 6.07 Å². The molecule has 1 aliphatic rings. The molecule has 0 fully saturated rings. The van der Waals surface area contributed by atoms with Gasteiger partial charge in [-0.05, 0) is 37.3 Å². The molecule has 2 aromatic rings. The van der Waals surface area contributed by atoms with Gasteiger partial charge in [0.2, 0.25) is 0 Å². The SMILES string of the molecule is Cc1nc(NC2CCCc3ccccc32)cc(=O)[nH]1. The Kier molecular flexibility index (Phi) is 3.07. The van der Waals surface area contributed by atoms with Gasteiger partial charge in [-0.3, -0.25) is 4.79 Å². The highest BCUT2D eigenvalue weighted by molar-refractivity contribution is 5.41. The average Bonchev–Trinajstić information content (AvgIpc) is 2.38. The molecule has 1 heterocycles. The minimum absolute atomic E-state index is 0.112. The summed E-state index contributed by atoms with van der Waals surface area (Å²) >= 11 is 0. The van der Waals surface area contributed by atoms with Crippen molar-refractivity contribution in [2.24, 2.45) is 0 Å². The van der Waals surface area contributed by atoms with Gasteiger partial charge in [-0.15, -0.1) is 0 Å². The lowest BCUT2D eigenvalue weighted by atomic mass is 9.88. The first-order chi connectivity index (χ1) is 9.22. The summed E-state index contributed by atoms with van der Waals surface area (Å²) < 4.78 is 0. The summed E-state index contributed by atoms with van der Waals surface area (Å²) in [5.41, 5.74) is 2.61. The molecule has 1 aromatic heterocycles. The van der Waals surface area contributed by atoms with E-state index in [-0.39, 0.29) is 11.6 Å². The lowest BCUT2D eigenvalue weighted by molar-refractivity contribution is 0.598. The summed E-state index contributed by atoms with van der Waals surface area (Å²) in [7, 11) is 0. The molecule has 4 nitrogen and oxygen atoms in total. The van der Waals surface area contributed by atoms with E-state index in [1.165, 1.54) is 17.2 Å². The van der Waals surface area contributed by atoms with E-state index in [1.807, 2.05) is 0 Å². The van der Waals surface area contributed by atoms with Gasteiger partial charge in [0.1, 0.15) is 11.6 Å². The smallest absolute Gasteiger partial charge is 0.252 e. The Morgan fingerprint density at radius 1 is 1.37 bits per heavy atom. The molecule has 0 bridgehead atoms. The predicted octanol–water partition coefficient (Wildman–Crippen LogP) is 2.57. The number of hydrogen-bond donors (Lipinski definition) is 2. The molecule has 0 spiro atoms. The number of aromatic amines is 1. The van der Waals surface area contributed by atoms with E-state index in [0.717, 1.165) is 19.3 Å². The van der Waals surface area contributed by atoms with Gasteiger partial charge in [-0.2, -0.15) is 0 Å². The number of hydrogen-bond acceptors (Lipinski definition) is 3. The zero-order chi connectivity index (χ0) is 13.2. The Morgan fingerprint density at radius 3 is 3.05 bits per heavy atom. The van der Waals surface area contributed by atoms with Crippen molar-refractivity contribution < 1.29 is 0 Å². The number of anilines is 1. The van der Waals surface area contributed by atoms with Crippen molar-refractivity contribution >= 4 is 5.82 Å². The molecule has 0 saturated heterocycles. The second-order valence-electron chi connectivity index (χ2n) is 5.00. The van der Waals surface area contributed by atoms with Gasteiger partial charge in [0.05, 0.1) is 6.04 Å². The summed E-state index contributed by atoms with van der Waals surface area (Å²) in [5, 5.41) is 3.39. The third-order valence-electron chi connectivity index (χ3n) is 3.55. The number of aromatic nitrogens is 2. The number of fused-ring (bicyclic) bond motifs is 1. The van der Waals surface area contributed by atoms with Gasteiger partial charge >= 0.3 is 0 Å². The third kappa shape index (κ3) is 2.52. The molecule has 1 aromatic carbocycles. The molecule has 2 N–H and O–H groups in total. The quantitative estimate of drug-likeness (QED) is 0.867. The van der Waals surface area contributed by atoms with E-state index in [0.29, 0.717) is 11.6 Å². The van der Waals surface area contributed by atoms with Crippen molar-refractivity contribution in [2.75, 3.05) is 5.32 Å². The van der Waals surface area contributed by atoms with Crippen LogP contribution in [-0.2, 0) is 6.42 Å². The first-order valence-electron chi connectivity index (χ1n) is 6.65. The second-order valence-corrected chi connectivity index (χ2v) is 5.00. The molecule has 0 radical (unpaired) electrons. The normalized spacial score (nSPS) is 17.8. The maximum atomic E-state index is 11.5. The molecule has 0 saturated carbocycles. The molecule has 19 heavy (non-hydrogen) atoms. The topological polar surface area (TPSA) is 57.8 Å². The van der Waals surface area contributed by atoms with Gasteiger partial charge in [0.15, 0.2) is 0 Å². The molecular weight excluding hydrogens is 238 g/mol. The number of rotatable bonds is 2. The third-order valence-corrected chi connectivity index (χ3v) is 3.55. The Balaban J connectivity index is 1.90. The maximum Gasteiger partial charge on any atom is 0.252 e. The fraction of sp³-hybridized carbons (Fsp3) is 0.333. The fourth-order valence-electron chi connectivity index (χ4n) is 2.74. The van der Waals surface area contributed by atoms with Crippen LogP contribution in [0, 0.1) is 6.92 Å². The Labute approximate surface area is 111 Å². The van der Waals surface area contributed by atoms with E-state index in [1.54, 1.807) is 6.92 Å². The van der Waals surface area contributed by atoms with Crippen LogP contribution in [0.1, 0.15) is 35.8 Å². The first-order valence-corrected chi connectivity index (χ1v) is 6.65. The minimum Gasteiger partial charge on any atom is -0.363 e. The van der Waals surface area contributed by atoms with Crippen LogP contribution < -0.4 is 10.9 Å². The van der Waals surface area contributed by atoms with Crippen molar-refractivity contribution in [1.29, 1.82) is 0 Å². The van der Waals surface area contributed by atoms with Crippen molar-refractivity contribution in [3.63, 3.8) is 0 Å². The molecule has 3 rings (SSSR count). The molecule has 1 unspecified atom stereocenters. The molecule has 1 aliphatic carbocycles. The van der Waals surface area contributed by atoms with E-state index >= 15 is 0 Å². The van der Waals surface area contributed by atoms with Crippen LogP contribution in [0.4, 0.5) is 5.82 Å². The standard InChI is InChI=1S/C15H17N3O/c1-10-16-14(9-15(19)17-10)18-13-8-4-6-11-5-2-3-7-12(11)13/h2-3,5,7,9,13H,4,6,8H2,1H3,(H2,16,17,18,19). The number of nitrogens with one attached hydrogen (secondary N) is 2. The van der Waals surface area contributed by atoms with Crippen LogP contribution in [0.5, 0.6) is 0 Å². The molecular formula is C15H17N3O. The predicted molar refractivity (Wildman–Crippen MR) is 75.3 cm³/mol. The largest absolute Gasteiger partial charge is 0.363 e. The van der Waals surface area contributed by atoms with Crippen molar-refractivity contribution in [1.82, 2.24) is 9.97 Å². The highest BCUT2D eigenvalue weighted by Gasteiger charge is 2.19. The van der Waals surface area contributed by atoms with Crippen LogP contribution in [-0.4, -0.2) is 9.97 Å². The molecule has 0 amide bonds. The molecule has 0 aliphatic heterocycles. The van der Waals surface area contributed by atoms with Gasteiger partial charge in [-0.1, -0.05) is 24.3 Å². The lowest BCUT2D eigenvalue weighted by Gasteiger charge is -2.26. The van der Waals surface area contributed by atoms with Crippen molar-refractivity contribution in [2.45, 2.75) is 32.2 Å². The van der Waals surface area contributed by atoms with Crippen LogP contribution in [0.3, 0.4) is 0 Å². The Morgan fingerprint density at radius 2 is 2.21 bits per heavy atom. The summed E-state index contributed by atoms with van der Waals surface area (Å²) in [6, 6.07) is 10.3. The first kappa shape index (κ1) is 12.0. The van der Waals surface area contributed by atoms with E-state index in [4.69, 9.17) is 0 Å². The fourth-order valence-corrected chi connectivity index (χ4v) is 2.74. The van der Waals surface area contributed by atoms with Gasteiger partial charge in [0.25, 0.3) is 5.56 Å². The average molecular weight is 255 g/mol. The van der Waals surface area contributed by atoms with Crippen molar-refractivity contribution in [3.8, 4) is 0 Å². The Hall–Kier alpha value is -2.10. The highest BCUT2D eigenvalue weighted by atomic mass is 16.1. The zero-order valence-electron chi connectivity index (χ0n) is 10.9. The van der Waals surface area contributed by atoms with Crippen LogP contribution >= 0.6 is 0 Å². The second kappa shape index (κ2) is 4.88. The van der Waals surface area contributed by atoms with E-state index < -0.39 is 0 Å². The maximum absolute atomic E-state index is 11.5. The highest BCUT2D eigenvalue weighted by Crippen LogP contribution is 2.31. The van der Waals surface area contributed by atoms with Crippen LogP contribution in [0.2, 0.25) is 0 Å². The van der Waals surface area contributed by atoms with Gasteiger partial charge < -0.3 is 10.3 Å². The molecule has 4 heteroatoms. The summed E-state index contributed by atoms with van der Waals surface area (Å²) in [6.45, 7) is 1.79. The van der Waals surface area contributed by atoms with E-state index in [2.05, 4.69) is 39.6 Å². The van der Waals surface area contributed by atoms with Gasteiger partial charge in [-0.25, -0.2) is 4.98 Å². The van der Waals surface area contributed by atoms with E-state index in [9.17, 15) is 4.79 Å². The summed E-state index contributed by atoms with van der Waals surface area (Å²) in [4.78, 5) is 18.5. The Bertz CT molecular complexity index is 648. The molecule has 98 valence electrons. The summed E-state index contributed by atoms with van der Waals surface area (Å²) in [5.74, 6) is 1.29. The summed E-state index contributed by atoms with van der Waals surface area (Å²) in [6.07, 6.45) is 3.37. The van der Waals surface area contributed by atoms with Crippen LogP contribution in [0.25, 0.3) is 0 Å². The monoisotopic (exact) mass is 255 g/mol. The molecule has 1 atom stereocenters. The number of H-pyrrole nitrogens is 1. The van der Waals surface area contributed by atoms with Crippen molar-refractivity contribution in [3.05, 3.63) is 57.6 Å². The number of nitrogens with zero attached hydrogens (tertiary/aromatic N) is 1. The van der Waals surface area contributed by atoms with Crippen LogP contribution in [0.15, 0.2) is 35.1 Å². The lowest BCUT2D eigenvalue weighted by Crippen LogP contribution is -2.20. The number of aryl methyl sites for hydroxylation is 2. The minimum atomic E-state index is -0.112. The number of benzene rings is 1. The zero-order valence-corrected chi connectivity index (χ0v) is 10.9.